The van der Waals surface area contributed by atoms with Crippen molar-refractivity contribution in [3.05, 3.63) is 29.8 Å². The molecule has 1 aliphatic carbocycles. The topological polar surface area (TPSA) is 83.6 Å². The van der Waals surface area contributed by atoms with Crippen molar-refractivity contribution in [3.8, 4) is 0 Å². The number of sulfone groups is 1. The van der Waals surface area contributed by atoms with Crippen molar-refractivity contribution in [2.45, 2.75) is 55.3 Å². The summed E-state index contributed by atoms with van der Waals surface area (Å²) in [7, 11) is -4.66. The number of amides is 3. The zero-order valence-electron chi connectivity index (χ0n) is 14.2. The molecule has 26 heavy (non-hydrogen) atoms. The van der Waals surface area contributed by atoms with Gasteiger partial charge in [0.25, 0.3) is 5.91 Å². The van der Waals surface area contributed by atoms with Gasteiger partial charge in [-0.25, -0.2) is 13.2 Å². The molecular formula is C17H20F2N2O4S. The number of hydrogen-bond acceptors (Lipinski definition) is 4. The summed E-state index contributed by atoms with van der Waals surface area (Å²) < 4.78 is 48.0. The molecule has 1 saturated carbocycles. The second kappa shape index (κ2) is 6.61. The van der Waals surface area contributed by atoms with Gasteiger partial charge in [-0.2, -0.15) is 8.78 Å². The van der Waals surface area contributed by atoms with Crippen LogP contribution in [0.3, 0.4) is 0 Å². The minimum atomic E-state index is -4.66. The SMILES string of the molecule is CC1CCC2(CC1)NC(=O)N(Cc1ccc(S(=O)(=O)C(F)F)cc1)C2=O. The van der Waals surface area contributed by atoms with Gasteiger partial charge in [0, 0.05) is 0 Å². The molecule has 1 aliphatic heterocycles. The fourth-order valence-electron chi connectivity index (χ4n) is 3.48. The molecule has 1 N–H and O–H groups in total. The quantitative estimate of drug-likeness (QED) is 0.807. The molecule has 0 radical (unpaired) electrons. The first kappa shape index (κ1) is 18.8. The Morgan fingerprint density at radius 2 is 1.77 bits per heavy atom. The van der Waals surface area contributed by atoms with Crippen LogP contribution in [0.25, 0.3) is 0 Å². The van der Waals surface area contributed by atoms with Crippen molar-refractivity contribution < 1.29 is 26.8 Å². The zero-order valence-corrected chi connectivity index (χ0v) is 15.1. The van der Waals surface area contributed by atoms with Crippen molar-refractivity contribution in [3.63, 3.8) is 0 Å². The van der Waals surface area contributed by atoms with E-state index in [4.69, 9.17) is 0 Å². The largest absolute Gasteiger partial charge is 0.341 e. The van der Waals surface area contributed by atoms with E-state index in [1.54, 1.807) is 0 Å². The molecule has 9 heteroatoms. The summed E-state index contributed by atoms with van der Waals surface area (Å²) in [6.45, 7) is 2.08. The maximum absolute atomic E-state index is 12.8. The van der Waals surface area contributed by atoms with E-state index in [9.17, 15) is 26.8 Å². The molecule has 1 saturated heterocycles. The van der Waals surface area contributed by atoms with Gasteiger partial charge in [-0.1, -0.05) is 19.1 Å². The third-order valence-corrected chi connectivity index (χ3v) is 6.60. The minimum absolute atomic E-state index is 0.0308. The molecule has 0 atom stereocenters. The van der Waals surface area contributed by atoms with Crippen LogP contribution in [-0.4, -0.2) is 36.6 Å². The molecule has 1 aromatic carbocycles. The van der Waals surface area contributed by atoms with Gasteiger partial charge in [0.1, 0.15) is 5.54 Å². The third-order valence-electron chi connectivity index (χ3n) is 5.20. The van der Waals surface area contributed by atoms with Gasteiger partial charge >= 0.3 is 11.8 Å². The number of imide groups is 1. The van der Waals surface area contributed by atoms with E-state index in [2.05, 4.69) is 12.2 Å². The van der Waals surface area contributed by atoms with Crippen molar-refractivity contribution in [1.82, 2.24) is 10.2 Å². The average molecular weight is 386 g/mol. The van der Waals surface area contributed by atoms with Gasteiger partial charge in [0.2, 0.25) is 9.84 Å². The standard InChI is InChI=1S/C17H20F2N2O4S/c1-11-6-8-17(9-7-11)14(22)21(16(23)20-17)10-12-2-4-13(5-3-12)26(24,25)15(18)19/h2-5,11,15H,6-10H2,1H3,(H,20,23). The average Bonchev–Trinajstić information content (AvgIpc) is 2.82. The second-order valence-corrected chi connectivity index (χ2v) is 8.95. The van der Waals surface area contributed by atoms with Gasteiger partial charge < -0.3 is 5.32 Å². The summed E-state index contributed by atoms with van der Waals surface area (Å²) in [6.07, 6.45) is 2.92. The summed E-state index contributed by atoms with van der Waals surface area (Å²) in [5, 5.41) is 2.80. The molecule has 2 aliphatic rings. The van der Waals surface area contributed by atoms with E-state index >= 15 is 0 Å². The van der Waals surface area contributed by atoms with E-state index in [1.165, 1.54) is 12.1 Å². The number of carbonyl (C=O) groups excluding carboxylic acids is 2. The first-order valence-electron chi connectivity index (χ1n) is 8.41. The van der Waals surface area contributed by atoms with Crippen LogP contribution in [0.1, 0.15) is 38.2 Å². The second-order valence-electron chi connectivity index (χ2n) is 7.04. The molecule has 6 nitrogen and oxygen atoms in total. The molecule has 1 aromatic rings. The molecule has 0 bridgehead atoms. The fourth-order valence-corrected chi connectivity index (χ4v) is 4.20. The van der Waals surface area contributed by atoms with E-state index in [0.29, 0.717) is 24.3 Å². The summed E-state index contributed by atoms with van der Waals surface area (Å²) >= 11 is 0. The minimum Gasteiger partial charge on any atom is -0.323 e. The van der Waals surface area contributed by atoms with E-state index in [-0.39, 0.29) is 12.5 Å². The smallest absolute Gasteiger partial charge is 0.323 e. The Bertz CT molecular complexity index is 816. The lowest BCUT2D eigenvalue weighted by molar-refractivity contribution is -0.133. The van der Waals surface area contributed by atoms with Gasteiger partial charge in [-0.05, 0) is 49.3 Å². The Morgan fingerprint density at radius 1 is 1.19 bits per heavy atom. The Kier molecular flexibility index (Phi) is 4.76. The van der Waals surface area contributed by atoms with E-state index in [1.807, 2.05) is 0 Å². The summed E-state index contributed by atoms with van der Waals surface area (Å²) in [5.41, 5.74) is -0.356. The van der Waals surface area contributed by atoms with Gasteiger partial charge in [0.15, 0.2) is 0 Å². The highest BCUT2D eigenvalue weighted by atomic mass is 32.2. The number of halogens is 2. The van der Waals surface area contributed by atoms with E-state index < -0.39 is 32.1 Å². The highest BCUT2D eigenvalue weighted by molar-refractivity contribution is 7.91. The number of carbonyl (C=O) groups is 2. The number of rotatable bonds is 4. The van der Waals surface area contributed by atoms with Crippen molar-refractivity contribution in [1.29, 1.82) is 0 Å². The van der Waals surface area contributed by atoms with Crippen LogP contribution >= 0.6 is 0 Å². The molecule has 3 amide bonds. The van der Waals surface area contributed by atoms with Crippen molar-refractivity contribution in [2.75, 3.05) is 0 Å². The number of nitrogens with one attached hydrogen (secondary N) is 1. The van der Waals surface area contributed by atoms with Crippen LogP contribution in [-0.2, 0) is 21.2 Å². The number of nitrogens with zero attached hydrogens (tertiary/aromatic N) is 1. The first-order valence-corrected chi connectivity index (χ1v) is 9.95. The third kappa shape index (κ3) is 3.20. The normalized spacial score (nSPS) is 26.6. The number of alkyl halides is 2. The Morgan fingerprint density at radius 3 is 2.31 bits per heavy atom. The molecule has 1 spiro atoms. The van der Waals surface area contributed by atoms with Crippen molar-refractivity contribution in [2.24, 2.45) is 5.92 Å². The maximum atomic E-state index is 12.8. The van der Waals surface area contributed by atoms with Crippen LogP contribution in [0.2, 0.25) is 0 Å². The molecule has 3 rings (SSSR count). The van der Waals surface area contributed by atoms with Crippen molar-refractivity contribution >= 4 is 21.8 Å². The monoisotopic (exact) mass is 386 g/mol. The van der Waals surface area contributed by atoms with Crippen LogP contribution in [0.5, 0.6) is 0 Å². The van der Waals surface area contributed by atoms with Crippen LogP contribution < -0.4 is 5.32 Å². The number of urea groups is 1. The predicted molar refractivity (Wildman–Crippen MR) is 89.1 cm³/mol. The number of hydrogen-bond donors (Lipinski definition) is 1. The lowest BCUT2D eigenvalue weighted by Crippen LogP contribution is -2.49. The van der Waals surface area contributed by atoms with Crippen LogP contribution in [0.15, 0.2) is 29.2 Å². The van der Waals surface area contributed by atoms with Gasteiger partial charge in [0.05, 0.1) is 11.4 Å². The number of benzene rings is 1. The van der Waals surface area contributed by atoms with Gasteiger partial charge in [-0.15, -0.1) is 0 Å². The molecule has 0 aromatic heterocycles. The summed E-state index contributed by atoms with van der Waals surface area (Å²) in [4.78, 5) is 25.6. The molecule has 2 fully saturated rings. The molecule has 0 unspecified atom stereocenters. The lowest BCUT2D eigenvalue weighted by Gasteiger charge is -2.33. The summed E-state index contributed by atoms with van der Waals surface area (Å²) in [5.74, 6) is -3.25. The Labute approximate surface area is 150 Å². The first-order chi connectivity index (χ1) is 12.2. The van der Waals surface area contributed by atoms with E-state index in [0.717, 1.165) is 29.9 Å². The van der Waals surface area contributed by atoms with Crippen LogP contribution in [0, 0.1) is 5.92 Å². The zero-order chi connectivity index (χ0) is 19.1. The molecule has 142 valence electrons. The maximum Gasteiger partial charge on any atom is 0.341 e. The van der Waals surface area contributed by atoms with Crippen LogP contribution in [0.4, 0.5) is 13.6 Å². The highest BCUT2D eigenvalue weighted by Crippen LogP contribution is 2.36. The molecule has 1 heterocycles. The molecular weight excluding hydrogens is 366 g/mol. The lowest BCUT2D eigenvalue weighted by atomic mass is 9.77. The Balaban J connectivity index is 1.75. The van der Waals surface area contributed by atoms with Gasteiger partial charge in [-0.3, -0.25) is 9.69 Å². The predicted octanol–water partition coefficient (Wildman–Crippen LogP) is 2.68. The highest BCUT2D eigenvalue weighted by Gasteiger charge is 2.51. The Hall–Kier alpha value is -2.03. The fraction of sp³-hybridized carbons (Fsp3) is 0.529. The summed E-state index contributed by atoms with van der Waals surface area (Å²) in [6, 6.07) is 4.32.